The number of hydrogen-bond donors (Lipinski definition) is 2. The van der Waals surface area contributed by atoms with E-state index in [2.05, 4.69) is 0 Å². The fraction of sp³-hybridized carbons (Fsp3) is 1.00. The van der Waals surface area contributed by atoms with E-state index in [1.807, 2.05) is 0 Å². The van der Waals surface area contributed by atoms with Crippen LogP contribution >= 0.6 is 0 Å². The van der Waals surface area contributed by atoms with Gasteiger partial charge in [0.25, 0.3) is 0 Å². The first-order valence-electron chi connectivity index (χ1n) is 2.56. The van der Waals surface area contributed by atoms with Crippen molar-refractivity contribution in [1.82, 2.24) is 0 Å². The minimum atomic E-state index is -2.58. The van der Waals surface area contributed by atoms with Gasteiger partial charge in [-0.2, -0.15) is 0 Å². The summed E-state index contributed by atoms with van der Waals surface area (Å²) >= 11 is 0. The maximum atomic E-state index is 8.63. The largest absolute Gasteiger partial charge is 0.395 e. The molecule has 0 atom stereocenters. The van der Waals surface area contributed by atoms with Gasteiger partial charge in [-0.15, -0.1) is 0 Å². The highest BCUT2D eigenvalue weighted by Crippen LogP contribution is 2.00. The first-order chi connectivity index (χ1) is 4.24. The molecular formula is C4H12O4Si. The maximum absolute atomic E-state index is 8.63. The van der Waals surface area contributed by atoms with Crippen molar-refractivity contribution in [2.24, 2.45) is 0 Å². The number of aliphatic hydroxyl groups is 2. The molecular weight excluding hydrogens is 140 g/mol. The average molecular weight is 152 g/mol. The predicted octanol–water partition coefficient (Wildman–Crippen LogP) is -1.22. The smallest absolute Gasteiger partial charge is 0.390 e. The minimum Gasteiger partial charge on any atom is -0.395 e. The molecule has 0 saturated heterocycles. The van der Waals surface area contributed by atoms with Crippen LogP contribution in [0, 0.1) is 0 Å². The predicted molar refractivity (Wildman–Crippen MR) is 33.9 cm³/mol. The molecule has 56 valence electrons. The Labute approximate surface area is 55.3 Å². The van der Waals surface area contributed by atoms with E-state index in [1.54, 1.807) is 0 Å². The second-order valence-corrected chi connectivity index (χ2v) is 4.91. The van der Waals surface area contributed by atoms with Crippen molar-refractivity contribution in [3.63, 3.8) is 0 Å². The fourth-order valence-corrected chi connectivity index (χ4v) is 1.17. The summed E-state index contributed by atoms with van der Waals surface area (Å²) in [5.74, 6) is 0. The van der Waals surface area contributed by atoms with Crippen LogP contribution in [0.5, 0.6) is 0 Å². The molecule has 0 amide bonds. The lowest BCUT2D eigenvalue weighted by molar-refractivity contribution is 0.164. The van der Waals surface area contributed by atoms with Crippen molar-refractivity contribution < 1.29 is 19.1 Å². The number of aliphatic hydroxyl groups excluding tert-OH is 2. The van der Waals surface area contributed by atoms with Crippen LogP contribution < -0.4 is 0 Å². The van der Waals surface area contributed by atoms with Crippen LogP contribution in [-0.2, 0) is 8.85 Å². The number of hydrogen-bond acceptors (Lipinski definition) is 4. The Morgan fingerprint density at radius 3 is 1.44 bits per heavy atom. The lowest BCUT2D eigenvalue weighted by atomic mass is 11.6. The topological polar surface area (TPSA) is 58.9 Å². The Balaban J connectivity index is 3.82. The highest BCUT2D eigenvalue weighted by atomic mass is 28.4. The monoisotopic (exact) mass is 152 g/mol. The average Bonchev–Trinajstić information content (AvgIpc) is 1.95. The third-order valence-electron chi connectivity index (χ3n) is 1.23. The normalized spacial score (nSPS) is 12.0. The van der Waals surface area contributed by atoms with Crippen LogP contribution in [0.1, 0.15) is 0 Å². The molecule has 0 saturated carbocycles. The number of rotatable bonds is 4. The summed E-state index contributed by atoms with van der Waals surface area (Å²) < 4.78 is 9.60. The molecule has 5 heteroatoms. The van der Waals surface area contributed by atoms with Crippen molar-refractivity contribution in [1.29, 1.82) is 0 Å². The van der Waals surface area contributed by atoms with Crippen molar-refractivity contribution in [3.8, 4) is 0 Å². The lowest BCUT2D eigenvalue weighted by Crippen LogP contribution is -2.48. The van der Waals surface area contributed by atoms with Gasteiger partial charge in [0.15, 0.2) is 0 Å². The van der Waals surface area contributed by atoms with Gasteiger partial charge in [0.1, 0.15) is 0 Å². The Kier molecular flexibility index (Phi) is 3.99. The zero-order valence-electron chi connectivity index (χ0n) is 5.63. The van der Waals surface area contributed by atoms with Crippen LogP contribution in [0.25, 0.3) is 0 Å². The van der Waals surface area contributed by atoms with Crippen LogP contribution in [0.4, 0.5) is 0 Å². The first-order valence-corrected chi connectivity index (χ1v) is 4.80. The SMILES string of the molecule is CO[Si](CO)(CO)OC. The van der Waals surface area contributed by atoms with Crippen LogP contribution in [0.15, 0.2) is 0 Å². The van der Waals surface area contributed by atoms with Crippen molar-refractivity contribution in [2.75, 3.05) is 26.7 Å². The van der Waals surface area contributed by atoms with E-state index in [1.165, 1.54) is 14.2 Å². The summed E-state index contributed by atoms with van der Waals surface area (Å²) in [4.78, 5) is 0. The second-order valence-electron chi connectivity index (χ2n) is 1.64. The molecule has 0 spiro atoms. The standard InChI is InChI=1S/C4H12O4Si/c1-7-9(3-5,4-6)8-2/h5-6H,3-4H2,1-2H3. The van der Waals surface area contributed by atoms with E-state index in [4.69, 9.17) is 19.1 Å². The van der Waals surface area contributed by atoms with Crippen molar-refractivity contribution in [3.05, 3.63) is 0 Å². The molecule has 0 unspecified atom stereocenters. The summed E-state index contributed by atoms with van der Waals surface area (Å²) in [6.07, 6.45) is -0.424. The molecule has 0 rings (SSSR count). The van der Waals surface area contributed by atoms with Crippen molar-refractivity contribution in [2.45, 2.75) is 0 Å². The quantitative estimate of drug-likeness (QED) is 0.496. The van der Waals surface area contributed by atoms with Gasteiger partial charge in [0.05, 0.1) is 12.5 Å². The molecule has 9 heavy (non-hydrogen) atoms. The van der Waals surface area contributed by atoms with Gasteiger partial charge in [-0.25, -0.2) is 0 Å². The summed E-state index contributed by atoms with van der Waals surface area (Å²) in [7, 11) is 0.257. The molecule has 0 bridgehead atoms. The Morgan fingerprint density at radius 1 is 1.11 bits per heavy atom. The van der Waals surface area contributed by atoms with Crippen LogP contribution in [0.3, 0.4) is 0 Å². The molecule has 0 radical (unpaired) electrons. The highest BCUT2D eigenvalue weighted by Gasteiger charge is 2.33. The third kappa shape index (κ3) is 2.03. The zero-order chi connectivity index (χ0) is 7.33. The Bertz CT molecular complexity index is 55.5. The van der Waals surface area contributed by atoms with E-state index in [-0.39, 0.29) is 12.5 Å². The zero-order valence-corrected chi connectivity index (χ0v) is 6.63. The Morgan fingerprint density at radius 2 is 1.44 bits per heavy atom. The lowest BCUT2D eigenvalue weighted by Gasteiger charge is -2.21. The molecule has 0 aliphatic carbocycles. The maximum Gasteiger partial charge on any atom is 0.390 e. The van der Waals surface area contributed by atoms with Gasteiger partial charge in [0, 0.05) is 14.2 Å². The summed E-state index contributed by atoms with van der Waals surface area (Å²) in [6, 6.07) is 0. The van der Waals surface area contributed by atoms with Gasteiger partial charge < -0.3 is 19.1 Å². The van der Waals surface area contributed by atoms with Gasteiger partial charge in [-0.3, -0.25) is 0 Å². The molecule has 0 heterocycles. The molecule has 4 nitrogen and oxygen atoms in total. The van der Waals surface area contributed by atoms with Gasteiger partial charge in [-0.05, 0) is 0 Å². The molecule has 2 N–H and O–H groups in total. The molecule has 0 aliphatic rings. The second kappa shape index (κ2) is 3.97. The fourth-order valence-electron chi connectivity index (χ4n) is 0.392. The van der Waals surface area contributed by atoms with Gasteiger partial charge in [-0.1, -0.05) is 0 Å². The highest BCUT2D eigenvalue weighted by molar-refractivity contribution is 6.67. The third-order valence-corrected chi connectivity index (χ3v) is 3.68. The van der Waals surface area contributed by atoms with E-state index in [0.29, 0.717) is 0 Å². The molecule has 0 aliphatic heterocycles. The summed E-state index contributed by atoms with van der Waals surface area (Å²) in [5.41, 5.74) is 0. The van der Waals surface area contributed by atoms with E-state index < -0.39 is 8.56 Å². The Hall–Kier alpha value is 0.0569. The van der Waals surface area contributed by atoms with E-state index in [9.17, 15) is 0 Å². The molecule has 0 aromatic rings. The summed E-state index contributed by atoms with van der Waals surface area (Å²) in [6.45, 7) is 0. The van der Waals surface area contributed by atoms with Crippen molar-refractivity contribution >= 4 is 8.56 Å². The molecule has 0 aromatic heterocycles. The minimum absolute atomic E-state index is 0.212. The van der Waals surface area contributed by atoms with Gasteiger partial charge >= 0.3 is 8.56 Å². The van der Waals surface area contributed by atoms with Gasteiger partial charge in [0.2, 0.25) is 0 Å². The molecule has 0 aromatic carbocycles. The molecule has 0 fully saturated rings. The summed E-state index contributed by atoms with van der Waals surface area (Å²) in [5, 5.41) is 17.3. The van der Waals surface area contributed by atoms with E-state index in [0.717, 1.165) is 0 Å². The van der Waals surface area contributed by atoms with Crippen LogP contribution in [-0.4, -0.2) is 45.5 Å². The van der Waals surface area contributed by atoms with E-state index >= 15 is 0 Å². The van der Waals surface area contributed by atoms with Crippen LogP contribution in [0.2, 0.25) is 0 Å². The first kappa shape index (κ1) is 9.06.